The van der Waals surface area contributed by atoms with Crippen LogP contribution in [-0.2, 0) is 26.2 Å². The van der Waals surface area contributed by atoms with Gasteiger partial charge in [-0.1, -0.05) is 66.0 Å². The first-order chi connectivity index (χ1) is 18.4. The van der Waals surface area contributed by atoms with Crippen molar-refractivity contribution < 1.29 is 18.0 Å². The molecule has 0 aliphatic rings. The lowest BCUT2D eigenvalue weighted by Crippen LogP contribution is -2.53. The Labute approximate surface area is 240 Å². The molecule has 7 nitrogen and oxygen atoms in total. The van der Waals surface area contributed by atoms with Crippen molar-refractivity contribution in [3.05, 3.63) is 94.0 Å². The van der Waals surface area contributed by atoms with Gasteiger partial charge in [-0.3, -0.25) is 13.9 Å². The maximum Gasteiger partial charge on any atom is 0.264 e. The summed E-state index contributed by atoms with van der Waals surface area (Å²) >= 11 is 12.3. The highest BCUT2D eigenvalue weighted by atomic mass is 35.5. The average molecular weight is 591 g/mol. The van der Waals surface area contributed by atoms with Crippen molar-refractivity contribution in [1.82, 2.24) is 10.2 Å². The van der Waals surface area contributed by atoms with Gasteiger partial charge in [0.05, 0.1) is 10.6 Å². The second kappa shape index (κ2) is 13.3. The van der Waals surface area contributed by atoms with E-state index < -0.39 is 28.5 Å². The lowest BCUT2D eigenvalue weighted by molar-refractivity contribution is -0.140. The molecule has 0 radical (unpaired) electrons. The number of halogens is 2. The Kier molecular flexibility index (Phi) is 10.4. The van der Waals surface area contributed by atoms with Gasteiger partial charge in [-0.15, -0.1) is 0 Å². The third-order valence-electron chi connectivity index (χ3n) is 6.07. The maximum absolute atomic E-state index is 14.0. The second-order valence-electron chi connectivity index (χ2n) is 9.54. The molecule has 0 fully saturated rings. The zero-order chi connectivity index (χ0) is 28.7. The molecule has 3 aromatic rings. The summed E-state index contributed by atoms with van der Waals surface area (Å²) in [6.45, 7) is 6.90. The minimum absolute atomic E-state index is 0.0368. The van der Waals surface area contributed by atoms with Crippen molar-refractivity contribution >= 4 is 50.7 Å². The monoisotopic (exact) mass is 589 g/mol. The van der Waals surface area contributed by atoms with Gasteiger partial charge in [-0.05, 0) is 75.2 Å². The van der Waals surface area contributed by atoms with E-state index in [2.05, 4.69) is 5.32 Å². The molecule has 2 amide bonds. The van der Waals surface area contributed by atoms with Crippen molar-refractivity contribution in [1.29, 1.82) is 0 Å². The number of hydrogen-bond acceptors (Lipinski definition) is 4. The van der Waals surface area contributed by atoms with E-state index in [1.807, 2.05) is 27.7 Å². The molecule has 10 heteroatoms. The predicted molar refractivity (Wildman–Crippen MR) is 157 cm³/mol. The zero-order valence-corrected chi connectivity index (χ0v) is 24.7. The molecule has 0 aliphatic heterocycles. The third-order valence-corrected chi connectivity index (χ3v) is 8.34. The molecule has 1 N–H and O–H groups in total. The van der Waals surface area contributed by atoms with E-state index >= 15 is 0 Å². The zero-order valence-electron chi connectivity index (χ0n) is 22.4. The first-order valence-electron chi connectivity index (χ1n) is 12.6. The molecule has 0 saturated heterocycles. The van der Waals surface area contributed by atoms with Crippen LogP contribution < -0.4 is 9.62 Å². The molecule has 0 bridgehead atoms. The number of anilines is 1. The van der Waals surface area contributed by atoms with E-state index in [4.69, 9.17) is 23.2 Å². The number of nitrogens with one attached hydrogen (secondary N) is 1. The molecule has 0 aromatic heterocycles. The Hall–Kier alpha value is -3.07. The van der Waals surface area contributed by atoms with Crippen molar-refractivity contribution in [3.8, 4) is 0 Å². The SMILES string of the molecule is CC[C@H](C(=O)NC(C)C)N(Cc1ccc(Cl)cc1)C(=O)CN(c1cccc(Cl)c1)S(=O)(=O)c1ccc(C)cc1. The van der Waals surface area contributed by atoms with Crippen LogP contribution in [0.2, 0.25) is 10.0 Å². The summed E-state index contributed by atoms with van der Waals surface area (Å²) in [5.74, 6) is -0.850. The van der Waals surface area contributed by atoms with Crippen LogP contribution in [0, 0.1) is 6.92 Å². The largest absolute Gasteiger partial charge is 0.352 e. The first-order valence-corrected chi connectivity index (χ1v) is 14.8. The molecule has 0 aliphatic carbocycles. The highest BCUT2D eigenvalue weighted by Crippen LogP contribution is 2.27. The summed E-state index contributed by atoms with van der Waals surface area (Å²) in [6.07, 6.45) is 0.333. The lowest BCUT2D eigenvalue weighted by Gasteiger charge is -2.33. The van der Waals surface area contributed by atoms with E-state index in [1.54, 1.807) is 54.6 Å². The van der Waals surface area contributed by atoms with E-state index in [-0.39, 0.29) is 29.1 Å². The van der Waals surface area contributed by atoms with Crippen LogP contribution in [0.3, 0.4) is 0 Å². The van der Waals surface area contributed by atoms with Gasteiger partial charge in [0.1, 0.15) is 12.6 Å². The summed E-state index contributed by atoms with van der Waals surface area (Å²) in [4.78, 5) is 28.6. The second-order valence-corrected chi connectivity index (χ2v) is 12.3. The van der Waals surface area contributed by atoms with Crippen molar-refractivity contribution in [2.24, 2.45) is 0 Å². The number of hydrogen-bond donors (Lipinski definition) is 1. The van der Waals surface area contributed by atoms with Gasteiger partial charge in [-0.25, -0.2) is 8.42 Å². The number of rotatable bonds is 11. The fourth-order valence-corrected chi connectivity index (χ4v) is 5.80. The van der Waals surface area contributed by atoms with Crippen LogP contribution in [-0.4, -0.2) is 43.8 Å². The van der Waals surface area contributed by atoms with Crippen molar-refractivity contribution in [3.63, 3.8) is 0 Å². The van der Waals surface area contributed by atoms with E-state index in [9.17, 15) is 18.0 Å². The van der Waals surface area contributed by atoms with E-state index in [0.29, 0.717) is 16.5 Å². The molecule has 1 atom stereocenters. The molecule has 0 unspecified atom stereocenters. The normalized spacial score (nSPS) is 12.2. The highest BCUT2D eigenvalue weighted by Gasteiger charge is 2.34. The number of sulfonamides is 1. The first kappa shape index (κ1) is 30.5. The van der Waals surface area contributed by atoms with Gasteiger partial charge in [0.2, 0.25) is 11.8 Å². The number of aryl methyl sites for hydroxylation is 1. The molecule has 3 rings (SSSR count). The number of carbonyl (C=O) groups excluding carboxylic acids is 2. The number of carbonyl (C=O) groups is 2. The quantitative estimate of drug-likeness (QED) is 0.305. The molecule has 0 saturated carbocycles. The minimum atomic E-state index is -4.16. The molecular formula is C29H33Cl2N3O4S. The topological polar surface area (TPSA) is 86.8 Å². The standard InChI is InChI=1S/C29H33Cl2N3O4S/c1-5-27(29(36)32-20(2)3)33(18-22-11-13-23(30)14-12-22)28(35)19-34(25-8-6-7-24(31)17-25)39(37,38)26-15-9-21(4)10-16-26/h6-17,20,27H,5,18-19H2,1-4H3,(H,32,36)/t27-/m1/s1. The number of amides is 2. The Morgan fingerprint density at radius 1 is 0.923 bits per heavy atom. The molecule has 0 heterocycles. The Morgan fingerprint density at radius 3 is 2.13 bits per heavy atom. The predicted octanol–water partition coefficient (Wildman–Crippen LogP) is 5.83. The third kappa shape index (κ3) is 7.97. The smallest absolute Gasteiger partial charge is 0.264 e. The van der Waals surface area contributed by atoms with E-state index in [1.165, 1.54) is 23.1 Å². The van der Waals surface area contributed by atoms with Gasteiger partial charge >= 0.3 is 0 Å². The van der Waals surface area contributed by atoms with Crippen LogP contribution in [0.25, 0.3) is 0 Å². The van der Waals surface area contributed by atoms with Crippen LogP contribution in [0.5, 0.6) is 0 Å². The fraction of sp³-hybridized carbons (Fsp3) is 0.310. The van der Waals surface area contributed by atoms with Crippen LogP contribution in [0.15, 0.2) is 77.7 Å². The summed E-state index contributed by atoms with van der Waals surface area (Å²) < 4.78 is 28.7. The summed E-state index contributed by atoms with van der Waals surface area (Å²) in [5, 5.41) is 3.74. The molecule has 3 aromatic carbocycles. The van der Waals surface area contributed by atoms with Crippen LogP contribution in [0.4, 0.5) is 5.69 Å². The molecular weight excluding hydrogens is 557 g/mol. The Morgan fingerprint density at radius 2 is 1.56 bits per heavy atom. The van der Waals surface area contributed by atoms with Crippen molar-refractivity contribution in [2.45, 2.75) is 57.6 Å². The highest BCUT2D eigenvalue weighted by molar-refractivity contribution is 7.92. The Bertz CT molecular complexity index is 1390. The fourth-order valence-electron chi connectivity index (χ4n) is 4.08. The maximum atomic E-state index is 14.0. The van der Waals surface area contributed by atoms with Gasteiger partial charge < -0.3 is 10.2 Å². The Balaban J connectivity index is 2.06. The molecule has 0 spiro atoms. The van der Waals surface area contributed by atoms with Crippen LogP contribution in [0.1, 0.15) is 38.3 Å². The van der Waals surface area contributed by atoms with Gasteiger partial charge in [-0.2, -0.15) is 0 Å². The molecule has 208 valence electrons. The molecule has 39 heavy (non-hydrogen) atoms. The number of nitrogens with zero attached hydrogens (tertiary/aromatic N) is 2. The lowest BCUT2D eigenvalue weighted by atomic mass is 10.1. The van der Waals surface area contributed by atoms with Gasteiger partial charge in [0.15, 0.2) is 0 Å². The van der Waals surface area contributed by atoms with Gasteiger partial charge in [0.25, 0.3) is 10.0 Å². The van der Waals surface area contributed by atoms with Crippen LogP contribution >= 0.6 is 23.2 Å². The summed E-state index contributed by atoms with van der Waals surface area (Å²) in [7, 11) is -4.16. The van der Waals surface area contributed by atoms with E-state index in [0.717, 1.165) is 15.4 Å². The average Bonchev–Trinajstić information content (AvgIpc) is 2.88. The summed E-state index contributed by atoms with van der Waals surface area (Å²) in [6, 6.07) is 18.7. The van der Waals surface area contributed by atoms with Crippen molar-refractivity contribution in [2.75, 3.05) is 10.8 Å². The number of benzene rings is 3. The summed E-state index contributed by atoms with van der Waals surface area (Å²) in [5.41, 5.74) is 1.89. The minimum Gasteiger partial charge on any atom is -0.352 e. The van der Waals surface area contributed by atoms with Gasteiger partial charge in [0, 0.05) is 22.6 Å².